The average Bonchev–Trinajstić information content (AvgIpc) is 2.55. The zero-order valence-electron chi connectivity index (χ0n) is 14.3. The second kappa shape index (κ2) is 10.9. The van der Waals surface area contributed by atoms with Gasteiger partial charge in [0, 0.05) is 18.3 Å². The Hall–Kier alpha value is -1.83. The van der Waals surface area contributed by atoms with Gasteiger partial charge < -0.3 is 11.1 Å². The molecule has 0 aliphatic rings. The van der Waals surface area contributed by atoms with E-state index in [1.807, 2.05) is 0 Å². The smallest absolute Gasteiger partial charge is 0.385 e. The molecule has 5 nitrogen and oxygen atoms in total. The molecule has 0 radical (unpaired) electrons. The number of rotatable bonds is 12. The van der Waals surface area contributed by atoms with Crippen LogP contribution in [0.25, 0.3) is 0 Å². The zero-order chi connectivity index (χ0) is 18.7. The molecule has 142 valence electrons. The molecular weight excluding hydrogens is 335 g/mol. The van der Waals surface area contributed by atoms with Crippen molar-refractivity contribution in [2.75, 3.05) is 18.4 Å². The van der Waals surface area contributed by atoms with Gasteiger partial charge in [0.05, 0.1) is 4.92 Å². The molecule has 0 heterocycles. The number of nitro groups is 1. The summed E-state index contributed by atoms with van der Waals surface area (Å²) < 4.78 is 38.7. The van der Waals surface area contributed by atoms with Gasteiger partial charge >= 0.3 is 6.18 Å². The Labute approximate surface area is 145 Å². The van der Waals surface area contributed by atoms with Crippen LogP contribution in [0.3, 0.4) is 0 Å². The van der Waals surface area contributed by atoms with Crippen LogP contribution < -0.4 is 11.1 Å². The summed E-state index contributed by atoms with van der Waals surface area (Å²) in [5, 5.41) is 13.6. The third-order valence-electron chi connectivity index (χ3n) is 3.96. The average molecular weight is 361 g/mol. The highest BCUT2D eigenvalue weighted by Crippen LogP contribution is 2.37. The maximum atomic E-state index is 12.9. The third kappa shape index (κ3) is 8.20. The Morgan fingerprint density at radius 1 is 1.00 bits per heavy atom. The minimum absolute atomic E-state index is 0.250. The molecule has 0 aliphatic carbocycles. The van der Waals surface area contributed by atoms with Crippen molar-refractivity contribution in [2.45, 2.75) is 57.5 Å². The number of nitrogens with one attached hydrogen (secondary N) is 1. The van der Waals surface area contributed by atoms with Crippen LogP contribution in [0.1, 0.15) is 56.9 Å². The van der Waals surface area contributed by atoms with Crippen LogP contribution >= 0.6 is 0 Å². The SMILES string of the molecule is NCCCCCCCCCCNc1ccc([N+](=O)[O-])c(C(F)(F)F)c1. The van der Waals surface area contributed by atoms with Crippen LogP contribution in [-0.4, -0.2) is 18.0 Å². The van der Waals surface area contributed by atoms with Gasteiger partial charge in [-0.3, -0.25) is 10.1 Å². The summed E-state index contributed by atoms with van der Waals surface area (Å²) in [5.41, 5.74) is 3.53. The van der Waals surface area contributed by atoms with E-state index in [1.54, 1.807) is 0 Å². The van der Waals surface area contributed by atoms with E-state index in [-0.39, 0.29) is 5.69 Å². The van der Waals surface area contributed by atoms with Crippen LogP contribution in [-0.2, 0) is 6.18 Å². The molecule has 3 N–H and O–H groups in total. The second-order valence-electron chi connectivity index (χ2n) is 6.03. The quantitative estimate of drug-likeness (QED) is 0.308. The molecule has 0 aliphatic heterocycles. The van der Waals surface area contributed by atoms with Gasteiger partial charge in [0.25, 0.3) is 5.69 Å². The fourth-order valence-corrected chi connectivity index (χ4v) is 2.59. The van der Waals surface area contributed by atoms with Crippen LogP contribution in [0.15, 0.2) is 18.2 Å². The maximum Gasteiger partial charge on any atom is 0.423 e. The van der Waals surface area contributed by atoms with Crippen LogP contribution in [0.4, 0.5) is 24.5 Å². The molecule has 8 heteroatoms. The van der Waals surface area contributed by atoms with Crippen molar-refractivity contribution >= 4 is 11.4 Å². The van der Waals surface area contributed by atoms with Crippen molar-refractivity contribution < 1.29 is 18.1 Å². The van der Waals surface area contributed by atoms with E-state index in [1.165, 1.54) is 25.3 Å². The number of hydrogen-bond acceptors (Lipinski definition) is 4. The highest BCUT2D eigenvalue weighted by Gasteiger charge is 2.38. The minimum atomic E-state index is -4.75. The fourth-order valence-electron chi connectivity index (χ4n) is 2.59. The van der Waals surface area contributed by atoms with Gasteiger partial charge in [-0.2, -0.15) is 13.2 Å². The van der Waals surface area contributed by atoms with Crippen molar-refractivity contribution in [3.63, 3.8) is 0 Å². The summed E-state index contributed by atoms with van der Waals surface area (Å²) in [6.45, 7) is 1.28. The second-order valence-corrected chi connectivity index (χ2v) is 6.03. The van der Waals surface area contributed by atoms with Crippen LogP contribution in [0, 0.1) is 10.1 Å². The van der Waals surface area contributed by atoms with Crippen molar-refractivity contribution in [3.8, 4) is 0 Å². The Morgan fingerprint density at radius 2 is 1.56 bits per heavy atom. The predicted molar refractivity (Wildman–Crippen MR) is 92.6 cm³/mol. The molecular formula is C17H26F3N3O2. The highest BCUT2D eigenvalue weighted by atomic mass is 19.4. The number of alkyl halides is 3. The molecule has 0 unspecified atom stereocenters. The molecule has 0 bridgehead atoms. The summed E-state index contributed by atoms with van der Waals surface area (Å²) in [7, 11) is 0. The van der Waals surface area contributed by atoms with Crippen molar-refractivity contribution in [2.24, 2.45) is 5.73 Å². The first-order valence-electron chi connectivity index (χ1n) is 8.66. The van der Waals surface area contributed by atoms with Gasteiger partial charge in [-0.05, 0) is 31.5 Å². The van der Waals surface area contributed by atoms with E-state index in [4.69, 9.17) is 5.73 Å². The van der Waals surface area contributed by atoms with Crippen molar-refractivity contribution in [1.82, 2.24) is 0 Å². The number of nitrogens with zero attached hydrogens (tertiary/aromatic N) is 1. The van der Waals surface area contributed by atoms with E-state index >= 15 is 0 Å². The number of benzene rings is 1. The lowest BCUT2D eigenvalue weighted by Crippen LogP contribution is -2.10. The van der Waals surface area contributed by atoms with Gasteiger partial charge in [0.1, 0.15) is 5.56 Å². The first-order chi connectivity index (χ1) is 11.9. The standard InChI is InChI=1S/C17H26F3N3O2/c18-17(19,20)15-13-14(9-10-16(15)23(24)25)22-12-8-6-4-2-1-3-5-7-11-21/h9-10,13,22H,1-8,11-12,21H2. The molecule has 0 saturated carbocycles. The predicted octanol–water partition coefficient (Wildman–Crippen LogP) is 5.11. The summed E-state index contributed by atoms with van der Waals surface area (Å²) >= 11 is 0. The summed E-state index contributed by atoms with van der Waals surface area (Å²) in [4.78, 5) is 9.69. The number of hydrogen-bond donors (Lipinski definition) is 2. The number of nitrogens with two attached hydrogens (primary N) is 1. The van der Waals surface area contributed by atoms with Crippen LogP contribution in [0.2, 0.25) is 0 Å². The molecule has 1 rings (SSSR count). The maximum absolute atomic E-state index is 12.9. The summed E-state index contributed by atoms with van der Waals surface area (Å²) in [5.74, 6) is 0. The van der Waals surface area contributed by atoms with Crippen molar-refractivity contribution in [3.05, 3.63) is 33.9 Å². The number of anilines is 1. The van der Waals surface area contributed by atoms with Gasteiger partial charge in [0.2, 0.25) is 0 Å². The van der Waals surface area contributed by atoms with Gasteiger partial charge in [-0.25, -0.2) is 0 Å². The third-order valence-corrected chi connectivity index (χ3v) is 3.96. The zero-order valence-corrected chi connectivity index (χ0v) is 14.3. The molecule has 0 spiro atoms. The molecule has 0 fully saturated rings. The van der Waals surface area contributed by atoms with Crippen molar-refractivity contribution in [1.29, 1.82) is 0 Å². The highest BCUT2D eigenvalue weighted by molar-refractivity contribution is 5.55. The lowest BCUT2D eigenvalue weighted by molar-refractivity contribution is -0.388. The van der Waals surface area contributed by atoms with Gasteiger partial charge in [-0.1, -0.05) is 38.5 Å². The number of nitro benzene ring substituents is 1. The van der Waals surface area contributed by atoms with Gasteiger partial charge in [-0.15, -0.1) is 0 Å². The number of unbranched alkanes of at least 4 members (excludes halogenated alkanes) is 7. The molecule has 0 amide bonds. The van der Waals surface area contributed by atoms with E-state index < -0.39 is 22.4 Å². The Bertz CT molecular complexity index is 536. The van der Waals surface area contributed by atoms with E-state index in [9.17, 15) is 23.3 Å². The lowest BCUT2D eigenvalue weighted by Gasteiger charge is -2.11. The fraction of sp³-hybridized carbons (Fsp3) is 0.647. The number of halogens is 3. The summed E-state index contributed by atoms with van der Waals surface area (Å²) in [6, 6.07) is 3.01. The lowest BCUT2D eigenvalue weighted by atomic mass is 10.1. The topological polar surface area (TPSA) is 81.2 Å². The Morgan fingerprint density at radius 3 is 2.08 bits per heavy atom. The van der Waals surface area contributed by atoms with Gasteiger partial charge in [0.15, 0.2) is 0 Å². The molecule has 1 aromatic carbocycles. The Balaban J connectivity index is 2.32. The monoisotopic (exact) mass is 361 g/mol. The minimum Gasteiger partial charge on any atom is -0.385 e. The molecule has 0 saturated heterocycles. The van der Waals surface area contributed by atoms with E-state index in [0.717, 1.165) is 50.8 Å². The first-order valence-corrected chi connectivity index (χ1v) is 8.66. The molecule has 1 aromatic rings. The van der Waals surface area contributed by atoms with Crippen LogP contribution in [0.5, 0.6) is 0 Å². The van der Waals surface area contributed by atoms with E-state index in [2.05, 4.69) is 5.32 Å². The molecule has 25 heavy (non-hydrogen) atoms. The molecule has 0 atom stereocenters. The normalized spacial score (nSPS) is 11.5. The van der Waals surface area contributed by atoms with E-state index in [0.29, 0.717) is 6.54 Å². The largest absolute Gasteiger partial charge is 0.423 e. The summed E-state index contributed by atoms with van der Waals surface area (Å²) in [6.07, 6.45) is 3.97. The molecule has 0 aromatic heterocycles. The first kappa shape index (κ1) is 21.2. The Kier molecular flexibility index (Phi) is 9.26.